The lowest BCUT2D eigenvalue weighted by atomic mass is 10.00. The van der Waals surface area contributed by atoms with Crippen LogP contribution in [-0.4, -0.2) is 49.1 Å². The number of amides is 1. The highest BCUT2D eigenvalue weighted by atomic mass is 16.6. The average molecular weight is 558 g/mol. The Bertz CT molecular complexity index is 1760. The minimum absolute atomic E-state index is 0.0189. The number of hydrogen-bond donors (Lipinski definition) is 1. The molecule has 2 atom stereocenters. The molecule has 0 bridgehead atoms. The number of pyridine rings is 1. The van der Waals surface area contributed by atoms with Gasteiger partial charge in [0.2, 0.25) is 11.6 Å². The van der Waals surface area contributed by atoms with Crippen molar-refractivity contribution in [2.24, 2.45) is 0 Å². The van der Waals surface area contributed by atoms with E-state index in [-0.39, 0.29) is 24.8 Å². The van der Waals surface area contributed by atoms with Gasteiger partial charge >= 0.3 is 6.09 Å². The molecule has 9 nitrogen and oxygen atoms in total. The van der Waals surface area contributed by atoms with Gasteiger partial charge in [-0.2, -0.15) is 0 Å². The molecular formula is C33H31N7O2. The van der Waals surface area contributed by atoms with Crippen LogP contribution in [0, 0.1) is 13.5 Å². The molecular weight excluding hydrogens is 526 g/mol. The number of fused-ring (bicyclic) bond motifs is 1. The number of rotatable bonds is 6. The van der Waals surface area contributed by atoms with Crippen molar-refractivity contribution in [2.75, 3.05) is 11.9 Å². The number of anilines is 1. The standard InChI is InChI=1S/C33H31N7O2/c1-22-18-35-32(36-25-15-14-23(2)39(19-25)33(41)42-21-24-10-6-4-7-11-24)38-30(22)28-20-40(26-12-8-5-9-13-26)31-27(28)16-17-29(34-3)37-31/h4-13,16-18,20,23,25H,14-15,19,21H2,1-2H3,(H,35,36,38)/t23-,25-/m0/s1. The third-order valence-corrected chi connectivity index (χ3v) is 7.67. The zero-order chi connectivity index (χ0) is 29.1. The van der Waals surface area contributed by atoms with Gasteiger partial charge in [0, 0.05) is 42.3 Å². The fraction of sp³-hybridized carbons (Fsp3) is 0.242. The third-order valence-electron chi connectivity index (χ3n) is 7.67. The van der Waals surface area contributed by atoms with Crippen molar-refractivity contribution in [2.45, 2.75) is 45.4 Å². The maximum absolute atomic E-state index is 13.0. The zero-order valence-corrected chi connectivity index (χ0v) is 23.6. The summed E-state index contributed by atoms with van der Waals surface area (Å²) in [4.78, 5) is 32.4. The Kier molecular flexibility index (Phi) is 7.52. The van der Waals surface area contributed by atoms with E-state index in [9.17, 15) is 4.79 Å². The van der Waals surface area contributed by atoms with Gasteiger partial charge < -0.3 is 19.8 Å². The number of aryl methyl sites for hydroxylation is 1. The second-order valence-corrected chi connectivity index (χ2v) is 10.6. The monoisotopic (exact) mass is 557 g/mol. The van der Waals surface area contributed by atoms with Gasteiger partial charge in [-0.3, -0.25) is 4.57 Å². The van der Waals surface area contributed by atoms with Crippen LogP contribution < -0.4 is 5.32 Å². The molecule has 2 aromatic carbocycles. The van der Waals surface area contributed by atoms with E-state index in [1.165, 1.54) is 0 Å². The Morgan fingerprint density at radius 1 is 1.05 bits per heavy atom. The Morgan fingerprint density at radius 3 is 2.57 bits per heavy atom. The van der Waals surface area contributed by atoms with Crippen molar-refractivity contribution >= 4 is 28.9 Å². The predicted molar refractivity (Wildman–Crippen MR) is 163 cm³/mol. The van der Waals surface area contributed by atoms with Crippen molar-refractivity contribution in [3.63, 3.8) is 0 Å². The maximum Gasteiger partial charge on any atom is 0.410 e. The minimum Gasteiger partial charge on any atom is -0.445 e. The number of aromatic nitrogens is 4. The van der Waals surface area contributed by atoms with Crippen LogP contribution in [0.5, 0.6) is 0 Å². The Balaban J connectivity index is 1.25. The number of benzene rings is 2. The van der Waals surface area contributed by atoms with Crippen molar-refractivity contribution in [1.29, 1.82) is 0 Å². The first-order valence-corrected chi connectivity index (χ1v) is 14.0. The van der Waals surface area contributed by atoms with Gasteiger partial charge in [0.1, 0.15) is 6.61 Å². The van der Waals surface area contributed by atoms with E-state index in [0.717, 1.165) is 46.3 Å². The van der Waals surface area contributed by atoms with Gasteiger partial charge in [-0.1, -0.05) is 61.2 Å². The molecule has 0 aliphatic carbocycles. The van der Waals surface area contributed by atoms with Crippen LogP contribution in [0.4, 0.5) is 16.6 Å². The molecule has 1 aliphatic heterocycles. The second-order valence-electron chi connectivity index (χ2n) is 10.6. The zero-order valence-electron chi connectivity index (χ0n) is 23.6. The average Bonchev–Trinajstić information content (AvgIpc) is 3.41. The van der Waals surface area contributed by atoms with E-state index in [0.29, 0.717) is 24.0 Å². The summed E-state index contributed by atoms with van der Waals surface area (Å²) in [6.45, 7) is 12.2. The fourth-order valence-electron chi connectivity index (χ4n) is 5.38. The Hall–Kier alpha value is -5.23. The van der Waals surface area contributed by atoms with Crippen LogP contribution in [0.2, 0.25) is 0 Å². The number of para-hydroxylation sites is 1. The summed E-state index contributed by atoms with van der Waals surface area (Å²) in [5.74, 6) is 0.837. The number of hydrogen-bond acceptors (Lipinski definition) is 6. The molecule has 5 aromatic rings. The number of carbonyl (C=O) groups excluding carboxylic acids is 1. The molecule has 3 aromatic heterocycles. The van der Waals surface area contributed by atoms with Gasteiger partial charge in [-0.05, 0) is 56.0 Å². The molecule has 0 unspecified atom stereocenters. The molecule has 210 valence electrons. The van der Waals surface area contributed by atoms with E-state index in [4.69, 9.17) is 16.3 Å². The summed E-state index contributed by atoms with van der Waals surface area (Å²) < 4.78 is 7.62. The maximum atomic E-state index is 13.0. The number of carbonyl (C=O) groups is 1. The van der Waals surface area contributed by atoms with Gasteiger partial charge in [0.15, 0.2) is 0 Å². The quantitative estimate of drug-likeness (QED) is 0.228. The summed E-state index contributed by atoms with van der Waals surface area (Å²) in [5.41, 5.74) is 5.22. The predicted octanol–water partition coefficient (Wildman–Crippen LogP) is 6.94. The molecule has 4 heterocycles. The smallest absolute Gasteiger partial charge is 0.410 e. The number of nitrogens with zero attached hydrogens (tertiary/aromatic N) is 6. The van der Waals surface area contributed by atoms with Crippen molar-refractivity contribution < 1.29 is 9.53 Å². The first-order chi connectivity index (χ1) is 20.5. The van der Waals surface area contributed by atoms with E-state index >= 15 is 0 Å². The topological polar surface area (TPSA) is 89.5 Å². The number of nitrogens with one attached hydrogen (secondary N) is 1. The van der Waals surface area contributed by atoms with Crippen molar-refractivity contribution in [3.8, 4) is 16.9 Å². The molecule has 0 saturated carbocycles. The number of likely N-dealkylation sites (tertiary alicyclic amines) is 1. The molecule has 0 spiro atoms. The third kappa shape index (κ3) is 5.52. The summed E-state index contributed by atoms with van der Waals surface area (Å²) in [5, 5.41) is 4.37. The highest BCUT2D eigenvalue weighted by Crippen LogP contribution is 2.34. The van der Waals surface area contributed by atoms with Crippen LogP contribution in [0.15, 0.2) is 85.2 Å². The van der Waals surface area contributed by atoms with E-state index in [1.807, 2.05) is 90.6 Å². The molecule has 0 radical (unpaired) electrons. The lowest BCUT2D eigenvalue weighted by Gasteiger charge is -2.37. The van der Waals surface area contributed by atoms with Gasteiger partial charge in [-0.15, -0.1) is 4.98 Å². The first kappa shape index (κ1) is 27.0. The highest BCUT2D eigenvalue weighted by molar-refractivity contribution is 5.95. The molecule has 6 rings (SSSR count). The van der Waals surface area contributed by atoms with E-state index < -0.39 is 0 Å². The van der Waals surface area contributed by atoms with Gasteiger partial charge in [0.05, 0.1) is 11.1 Å². The summed E-state index contributed by atoms with van der Waals surface area (Å²) in [7, 11) is 0. The Morgan fingerprint density at radius 2 is 1.81 bits per heavy atom. The number of piperidine rings is 1. The largest absolute Gasteiger partial charge is 0.445 e. The van der Waals surface area contributed by atoms with Gasteiger partial charge in [-0.25, -0.2) is 14.8 Å². The Labute approximate surface area is 244 Å². The van der Waals surface area contributed by atoms with E-state index in [1.54, 1.807) is 11.0 Å². The SMILES string of the molecule is [C-]#[N+]c1ccc2c(-c3nc(N[C@H]4CC[C@H](C)N(C(=O)OCc5ccccc5)C4)ncc3C)cn(-c3ccccc3)c2n1. The summed E-state index contributed by atoms with van der Waals surface area (Å²) in [6, 6.07) is 23.4. The molecule has 1 saturated heterocycles. The second kappa shape index (κ2) is 11.7. The molecule has 1 fully saturated rings. The first-order valence-electron chi connectivity index (χ1n) is 14.0. The summed E-state index contributed by atoms with van der Waals surface area (Å²) in [6.07, 6.45) is 5.24. The van der Waals surface area contributed by atoms with Crippen LogP contribution >= 0.6 is 0 Å². The number of ether oxygens (including phenoxy) is 1. The minimum atomic E-state index is -0.316. The lowest BCUT2D eigenvalue weighted by molar-refractivity contribution is 0.0695. The fourth-order valence-corrected chi connectivity index (χ4v) is 5.38. The van der Waals surface area contributed by atoms with Crippen molar-refractivity contribution in [3.05, 3.63) is 108 Å². The van der Waals surface area contributed by atoms with E-state index in [2.05, 4.69) is 27.1 Å². The normalized spacial score (nSPS) is 16.6. The highest BCUT2D eigenvalue weighted by Gasteiger charge is 2.30. The molecule has 1 amide bonds. The summed E-state index contributed by atoms with van der Waals surface area (Å²) >= 11 is 0. The van der Waals surface area contributed by atoms with Crippen LogP contribution in [-0.2, 0) is 11.3 Å². The molecule has 1 N–H and O–H groups in total. The van der Waals surface area contributed by atoms with Crippen LogP contribution in [0.1, 0.15) is 30.9 Å². The lowest BCUT2D eigenvalue weighted by Crippen LogP contribution is -2.50. The van der Waals surface area contributed by atoms with Crippen LogP contribution in [0.3, 0.4) is 0 Å². The van der Waals surface area contributed by atoms with Crippen molar-refractivity contribution in [1.82, 2.24) is 24.4 Å². The van der Waals surface area contributed by atoms with Gasteiger partial charge in [0.25, 0.3) is 5.82 Å². The van der Waals surface area contributed by atoms with Crippen LogP contribution in [0.25, 0.3) is 32.8 Å². The molecule has 1 aliphatic rings. The molecule has 42 heavy (non-hydrogen) atoms. The molecule has 9 heteroatoms.